The summed E-state index contributed by atoms with van der Waals surface area (Å²) in [5.41, 5.74) is 0.781. The number of hydrogen-bond acceptors (Lipinski definition) is 4. The monoisotopic (exact) mass is 267 g/mol. The first-order valence-corrected chi connectivity index (χ1v) is 5.84. The fourth-order valence-corrected chi connectivity index (χ4v) is 1.41. The topological polar surface area (TPSA) is 76.1 Å². The lowest BCUT2D eigenvalue weighted by molar-refractivity contribution is -0.137. The molecule has 0 heterocycles. The number of benzene rings is 1. The number of nitrogens with zero attached hydrogens (tertiary/aromatic N) is 1. The molecule has 0 aliphatic rings. The Labute approximate surface area is 111 Å². The molecule has 0 atom stereocenters. The number of carbonyl (C=O) groups excluding carboxylic acids is 1. The number of ether oxygens (including phenoxy) is 2. The zero-order valence-corrected chi connectivity index (χ0v) is 11.0. The number of rotatable bonds is 6. The molecule has 104 valence electrons. The maximum Gasteiger partial charge on any atom is 0.410 e. The molecule has 1 aromatic rings. The highest BCUT2D eigenvalue weighted by atomic mass is 16.6. The van der Waals surface area contributed by atoms with Crippen molar-refractivity contribution < 1.29 is 24.2 Å². The van der Waals surface area contributed by atoms with Crippen molar-refractivity contribution in [3.63, 3.8) is 0 Å². The van der Waals surface area contributed by atoms with Gasteiger partial charge in [-0.1, -0.05) is 12.1 Å². The second-order valence-electron chi connectivity index (χ2n) is 3.88. The fourth-order valence-electron chi connectivity index (χ4n) is 1.41. The van der Waals surface area contributed by atoms with Crippen LogP contribution in [0, 0.1) is 0 Å². The van der Waals surface area contributed by atoms with Crippen LogP contribution >= 0.6 is 0 Å². The molecule has 0 saturated carbocycles. The lowest BCUT2D eigenvalue weighted by atomic mass is 10.2. The van der Waals surface area contributed by atoms with E-state index >= 15 is 0 Å². The average Bonchev–Trinajstić information content (AvgIpc) is 2.36. The number of carbonyl (C=O) groups is 2. The molecule has 6 heteroatoms. The third-order valence-corrected chi connectivity index (χ3v) is 2.26. The molecular formula is C13H17NO5. The first-order valence-electron chi connectivity index (χ1n) is 5.84. The number of amides is 1. The first kappa shape index (κ1) is 14.8. The largest absolute Gasteiger partial charge is 0.494 e. The number of aliphatic carboxylic acids is 1. The molecule has 6 nitrogen and oxygen atoms in total. The predicted octanol–water partition coefficient (Wildman–Crippen LogP) is 1.74. The van der Waals surface area contributed by atoms with E-state index in [2.05, 4.69) is 0 Å². The van der Waals surface area contributed by atoms with Crippen LogP contribution in [0.4, 0.5) is 4.79 Å². The summed E-state index contributed by atoms with van der Waals surface area (Å²) in [7, 11) is 1.37. The molecule has 0 radical (unpaired) electrons. The molecule has 0 aliphatic heterocycles. The van der Waals surface area contributed by atoms with Gasteiger partial charge < -0.3 is 19.5 Å². The molecule has 1 rings (SSSR count). The molecule has 0 aliphatic carbocycles. The Hall–Kier alpha value is -2.24. The fraction of sp³-hybridized carbons (Fsp3) is 0.385. The highest BCUT2D eigenvalue weighted by Gasteiger charge is 2.13. The SMILES string of the molecule is CCOc1cccc(COC(=O)N(C)CC(=O)O)c1. The van der Waals surface area contributed by atoms with E-state index < -0.39 is 18.6 Å². The van der Waals surface area contributed by atoms with Gasteiger partial charge in [-0.2, -0.15) is 0 Å². The third-order valence-electron chi connectivity index (χ3n) is 2.26. The zero-order valence-electron chi connectivity index (χ0n) is 11.0. The summed E-state index contributed by atoms with van der Waals surface area (Å²) in [5, 5.41) is 8.55. The molecule has 1 amide bonds. The maximum absolute atomic E-state index is 11.5. The molecule has 0 aromatic heterocycles. The van der Waals surface area contributed by atoms with E-state index in [1.165, 1.54) is 7.05 Å². The summed E-state index contributed by atoms with van der Waals surface area (Å²) < 4.78 is 10.3. The van der Waals surface area contributed by atoms with Gasteiger partial charge in [0.1, 0.15) is 18.9 Å². The highest BCUT2D eigenvalue weighted by molar-refractivity contribution is 5.76. The smallest absolute Gasteiger partial charge is 0.410 e. The van der Waals surface area contributed by atoms with Crippen LogP contribution in [0.2, 0.25) is 0 Å². The van der Waals surface area contributed by atoms with Gasteiger partial charge in [-0.3, -0.25) is 4.79 Å². The minimum Gasteiger partial charge on any atom is -0.494 e. The Kier molecular flexibility index (Phi) is 5.66. The van der Waals surface area contributed by atoms with Crippen LogP contribution in [0.15, 0.2) is 24.3 Å². The van der Waals surface area contributed by atoms with E-state index in [1.807, 2.05) is 13.0 Å². The summed E-state index contributed by atoms with van der Waals surface area (Å²) in [6, 6.07) is 7.18. The van der Waals surface area contributed by atoms with Gasteiger partial charge in [0.2, 0.25) is 0 Å². The van der Waals surface area contributed by atoms with Crippen LogP contribution in [0.25, 0.3) is 0 Å². The molecule has 1 N–H and O–H groups in total. The zero-order chi connectivity index (χ0) is 14.3. The Morgan fingerprint density at radius 1 is 1.37 bits per heavy atom. The number of carboxylic acids is 1. The molecule has 0 saturated heterocycles. The Balaban J connectivity index is 2.49. The molecule has 0 spiro atoms. The van der Waals surface area contributed by atoms with Crippen LogP contribution < -0.4 is 4.74 Å². The van der Waals surface area contributed by atoms with Gasteiger partial charge in [0.15, 0.2) is 0 Å². The van der Waals surface area contributed by atoms with E-state index in [1.54, 1.807) is 18.2 Å². The molecule has 1 aromatic carbocycles. The van der Waals surface area contributed by atoms with Crippen molar-refractivity contribution in [3.8, 4) is 5.75 Å². The molecule has 0 bridgehead atoms. The Morgan fingerprint density at radius 2 is 2.11 bits per heavy atom. The minimum atomic E-state index is -1.09. The van der Waals surface area contributed by atoms with E-state index in [0.717, 1.165) is 10.5 Å². The summed E-state index contributed by atoms with van der Waals surface area (Å²) in [6.07, 6.45) is -0.677. The number of carboxylic acid groups (broad SMARTS) is 1. The third kappa shape index (κ3) is 5.29. The van der Waals surface area contributed by atoms with Gasteiger partial charge >= 0.3 is 12.1 Å². The van der Waals surface area contributed by atoms with Gasteiger partial charge in [-0.15, -0.1) is 0 Å². The predicted molar refractivity (Wildman–Crippen MR) is 68.1 cm³/mol. The van der Waals surface area contributed by atoms with Crippen LogP contribution in [0.1, 0.15) is 12.5 Å². The first-order chi connectivity index (χ1) is 9.02. The van der Waals surface area contributed by atoms with E-state index in [-0.39, 0.29) is 6.61 Å². The van der Waals surface area contributed by atoms with Crippen molar-refractivity contribution in [2.24, 2.45) is 0 Å². The highest BCUT2D eigenvalue weighted by Crippen LogP contribution is 2.14. The maximum atomic E-state index is 11.5. The van der Waals surface area contributed by atoms with Gasteiger partial charge in [0, 0.05) is 7.05 Å². The van der Waals surface area contributed by atoms with Crippen molar-refractivity contribution in [2.75, 3.05) is 20.2 Å². The van der Waals surface area contributed by atoms with E-state index in [0.29, 0.717) is 12.4 Å². The number of likely N-dealkylation sites (N-methyl/N-ethyl adjacent to an activating group) is 1. The lowest BCUT2D eigenvalue weighted by Crippen LogP contribution is -2.32. The molecular weight excluding hydrogens is 250 g/mol. The van der Waals surface area contributed by atoms with Crippen LogP contribution in [-0.2, 0) is 16.1 Å². The second-order valence-corrected chi connectivity index (χ2v) is 3.88. The van der Waals surface area contributed by atoms with Crippen LogP contribution in [-0.4, -0.2) is 42.3 Å². The van der Waals surface area contributed by atoms with Gasteiger partial charge in [-0.25, -0.2) is 4.79 Å². The van der Waals surface area contributed by atoms with Crippen molar-refractivity contribution in [2.45, 2.75) is 13.5 Å². The summed E-state index contributed by atoms with van der Waals surface area (Å²) in [4.78, 5) is 22.9. The van der Waals surface area contributed by atoms with Crippen molar-refractivity contribution in [3.05, 3.63) is 29.8 Å². The van der Waals surface area contributed by atoms with Gasteiger partial charge in [0.05, 0.1) is 6.61 Å². The molecule has 0 unspecified atom stereocenters. The van der Waals surface area contributed by atoms with Gasteiger partial charge in [0.25, 0.3) is 0 Å². The summed E-state index contributed by atoms with van der Waals surface area (Å²) >= 11 is 0. The summed E-state index contributed by atoms with van der Waals surface area (Å²) in [6.45, 7) is 2.12. The Bertz CT molecular complexity index is 446. The van der Waals surface area contributed by atoms with Crippen molar-refractivity contribution in [1.29, 1.82) is 0 Å². The number of hydrogen-bond donors (Lipinski definition) is 1. The second kappa shape index (κ2) is 7.25. The molecule has 19 heavy (non-hydrogen) atoms. The van der Waals surface area contributed by atoms with Crippen LogP contribution in [0.3, 0.4) is 0 Å². The minimum absolute atomic E-state index is 0.0731. The van der Waals surface area contributed by atoms with E-state index in [9.17, 15) is 9.59 Å². The normalized spacial score (nSPS) is 9.79. The van der Waals surface area contributed by atoms with Gasteiger partial charge in [-0.05, 0) is 24.6 Å². The van der Waals surface area contributed by atoms with Crippen LogP contribution in [0.5, 0.6) is 5.75 Å². The van der Waals surface area contributed by atoms with Crippen molar-refractivity contribution in [1.82, 2.24) is 4.90 Å². The Morgan fingerprint density at radius 3 is 2.74 bits per heavy atom. The van der Waals surface area contributed by atoms with E-state index in [4.69, 9.17) is 14.6 Å². The lowest BCUT2D eigenvalue weighted by Gasteiger charge is -2.14. The average molecular weight is 267 g/mol. The molecule has 0 fully saturated rings. The quantitative estimate of drug-likeness (QED) is 0.849. The van der Waals surface area contributed by atoms with Crippen molar-refractivity contribution >= 4 is 12.1 Å². The standard InChI is InChI=1S/C13H17NO5/c1-3-18-11-6-4-5-10(7-11)9-19-13(17)14(2)8-12(15)16/h4-7H,3,8-9H2,1-2H3,(H,15,16). The summed E-state index contributed by atoms with van der Waals surface area (Å²) in [5.74, 6) is -0.382.